The standard InChI is InChI=1S/C23H29BN2O9/c27-10-8-26(9-11-28)14-17-6-4-16(5-7-17)12-21(30)25-20(24(33)34)13-18-2-1-3-19(23(31)32)22(18)35-15-29/h1-7,15,20,27-28,33-34H,8-14H2,(H,25,30)(H,31,32)/t20-/m0/s1. The lowest BCUT2D eigenvalue weighted by Gasteiger charge is -2.20. The number of nitrogens with one attached hydrogen (secondary N) is 1. The summed E-state index contributed by atoms with van der Waals surface area (Å²) in [6, 6.07) is 11.3. The first kappa shape index (κ1) is 28.0. The van der Waals surface area contributed by atoms with Gasteiger partial charge in [-0.2, -0.15) is 0 Å². The fourth-order valence-corrected chi connectivity index (χ4v) is 3.59. The van der Waals surface area contributed by atoms with Gasteiger partial charge < -0.3 is 35.4 Å². The smallest absolute Gasteiger partial charge is 0.475 e. The molecule has 6 N–H and O–H groups in total. The Bertz CT molecular complexity index is 979. The zero-order chi connectivity index (χ0) is 25.8. The molecule has 1 atom stereocenters. The first-order valence-electron chi connectivity index (χ1n) is 10.9. The molecule has 0 saturated heterocycles. The highest BCUT2D eigenvalue weighted by Crippen LogP contribution is 2.25. The van der Waals surface area contributed by atoms with Crippen molar-refractivity contribution in [3.05, 3.63) is 64.7 Å². The van der Waals surface area contributed by atoms with Gasteiger partial charge in [-0.15, -0.1) is 0 Å². The van der Waals surface area contributed by atoms with E-state index in [1.165, 1.54) is 18.2 Å². The minimum atomic E-state index is -1.96. The van der Waals surface area contributed by atoms with Crippen molar-refractivity contribution < 1.29 is 44.5 Å². The van der Waals surface area contributed by atoms with Gasteiger partial charge in [0.15, 0.2) is 0 Å². The zero-order valence-electron chi connectivity index (χ0n) is 19.0. The van der Waals surface area contributed by atoms with Gasteiger partial charge in [0.05, 0.1) is 25.6 Å². The molecule has 2 aromatic carbocycles. The van der Waals surface area contributed by atoms with Crippen LogP contribution in [0.2, 0.25) is 0 Å². The Morgan fingerprint density at radius 3 is 2.20 bits per heavy atom. The molecule has 0 fully saturated rings. The molecule has 11 nitrogen and oxygen atoms in total. The molecule has 35 heavy (non-hydrogen) atoms. The average Bonchev–Trinajstić information content (AvgIpc) is 2.81. The monoisotopic (exact) mass is 488 g/mol. The molecule has 0 radical (unpaired) electrons. The molecular weight excluding hydrogens is 459 g/mol. The summed E-state index contributed by atoms with van der Waals surface area (Å²) < 4.78 is 4.81. The average molecular weight is 488 g/mol. The lowest BCUT2D eigenvalue weighted by atomic mass is 9.75. The summed E-state index contributed by atoms with van der Waals surface area (Å²) in [6.07, 6.45) is -0.245. The van der Waals surface area contributed by atoms with E-state index in [4.69, 9.17) is 14.9 Å². The van der Waals surface area contributed by atoms with Crippen LogP contribution in [0.4, 0.5) is 0 Å². The first-order chi connectivity index (χ1) is 16.8. The Morgan fingerprint density at radius 2 is 1.66 bits per heavy atom. The summed E-state index contributed by atoms with van der Waals surface area (Å²) in [4.78, 5) is 36.7. The highest BCUT2D eigenvalue weighted by molar-refractivity contribution is 6.43. The van der Waals surface area contributed by atoms with Gasteiger partial charge in [0.2, 0.25) is 5.91 Å². The van der Waals surface area contributed by atoms with Crippen LogP contribution in [0.15, 0.2) is 42.5 Å². The van der Waals surface area contributed by atoms with Gasteiger partial charge >= 0.3 is 13.1 Å². The van der Waals surface area contributed by atoms with Gasteiger partial charge in [0, 0.05) is 19.6 Å². The number of carbonyl (C=O) groups excluding carboxylic acids is 2. The number of para-hydroxylation sites is 1. The number of carboxylic acids is 1. The largest absolute Gasteiger partial charge is 0.478 e. The number of ether oxygens (including phenoxy) is 1. The van der Waals surface area contributed by atoms with Gasteiger partial charge in [0.1, 0.15) is 11.3 Å². The summed E-state index contributed by atoms with van der Waals surface area (Å²) in [5, 5.41) is 49.6. The SMILES string of the molecule is O=COc1c(C[C@H](NC(=O)Cc2ccc(CN(CCO)CCO)cc2)B(O)O)cccc1C(=O)O. The molecule has 0 saturated carbocycles. The molecule has 0 aliphatic carbocycles. The molecule has 0 bridgehead atoms. The quantitative estimate of drug-likeness (QED) is 0.135. The second-order valence-electron chi connectivity index (χ2n) is 7.82. The van der Waals surface area contributed by atoms with E-state index in [1.807, 2.05) is 17.0 Å². The van der Waals surface area contributed by atoms with Crippen molar-refractivity contribution in [1.82, 2.24) is 10.2 Å². The maximum absolute atomic E-state index is 12.6. The molecular formula is C23H29BN2O9. The molecule has 0 unspecified atom stereocenters. The maximum Gasteiger partial charge on any atom is 0.475 e. The number of aliphatic hydroxyl groups is 2. The molecule has 1 amide bonds. The number of carboxylic acid groups (broad SMARTS) is 1. The third kappa shape index (κ3) is 8.78. The number of aromatic carboxylic acids is 1. The van der Waals surface area contributed by atoms with Crippen LogP contribution in [0.3, 0.4) is 0 Å². The van der Waals surface area contributed by atoms with E-state index in [2.05, 4.69) is 5.32 Å². The number of hydrogen-bond donors (Lipinski definition) is 6. The van der Waals surface area contributed by atoms with Crippen LogP contribution in [0.5, 0.6) is 5.75 Å². The Balaban J connectivity index is 2.06. The maximum atomic E-state index is 12.6. The molecule has 0 spiro atoms. The molecule has 0 aliphatic heterocycles. The van der Waals surface area contributed by atoms with Crippen molar-refractivity contribution in [2.45, 2.75) is 25.3 Å². The van der Waals surface area contributed by atoms with E-state index < -0.39 is 24.9 Å². The highest BCUT2D eigenvalue weighted by Gasteiger charge is 2.28. The minimum Gasteiger partial charge on any atom is -0.478 e. The second-order valence-corrected chi connectivity index (χ2v) is 7.82. The molecule has 188 valence electrons. The lowest BCUT2D eigenvalue weighted by molar-refractivity contribution is -0.121. The lowest BCUT2D eigenvalue weighted by Crippen LogP contribution is -2.48. The second kappa shape index (κ2) is 14.2. The number of nitrogens with zero attached hydrogens (tertiary/aromatic N) is 1. The fraction of sp³-hybridized carbons (Fsp3) is 0.348. The summed E-state index contributed by atoms with van der Waals surface area (Å²) in [6.45, 7) is 1.38. The van der Waals surface area contributed by atoms with Crippen molar-refractivity contribution in [3.63, 3.8) is 0 Å². The van der Waals surface area contributed by atoms with Crippen LogP contribution in [-0.2, 0) is 29.0 Å². The van der Waals surface area contributed by atoms with Crippen LogP contribution < -0.4 is 10.1 Å². The van der Waals surface area contributed by atoms with E-state index in [-0.39, 0.29) is 49.4 Å². The Kier molecular flexibility index (Phi) is 11.3. The van der Waals surface area contributed by atoms with Crippen LogP contribution in [-0.4, -0.2) is 88.0 Å². The van der Waals surface area contributed by atoms with Crippen LogP contribution in [0.1, 0.15) is 27.0 Å². The van der Waals surface area contributed by atoms with E-state index in [0.717, 1.165) is 5.56 Å². The first-order valence-corrected chi connectivity index (χ1v) is 10.9. The summed E-state index contributed by atoms with van der Waals surface area (Å²) in [7, 11) is -1.96. The topological polar surface area (TPSA) is 177 Å². The van der Waals surface area contributed by atoms with Gasteiger partial charge in [-0.25, -0.2) is 4.79 Å². The molecule has 0 heterocycles. The number of rotatable bonds is 15. The van der Waals surface area contributed by atoms with E-state index in [0.29, 0.717) is 25.2 Å². The fourth-order valence-electron chi connectivity index (χ4n) is 3.59. The number of aliphatic hydroxyl groups excluding tert-OH is 2. The molecule has 12 heteroatoms. The summed E-state index contributed by atoms with van der Waals surface area (Å²) in [5.74, 6) is -3.24. The summed E-state index contributed by atoms with van der Waals surface area (Å²) in [5.41, 5.74) is 1.53. The van der Waals surface area contributed by atoms with Crippen molar-refractivity contribution in [1.29, 1.82) is 0 Å². The van der Waals surface area contributed by atoms with Crippen LogP contribution in [0.25, 0.3) is 0 Å². The Morgan fingerprint density at radius 1 is 1.03 bits per heavy atom. The third-order valence-electron chi connectivity index (χ3n) is 5.27. The van der Waals surface area contributed by atoms with E-state index in [1.54, 1.807) is 12.1 Å². The highest BCUT2D eigenvalue weighted by atomic mass is 16.5. The molecule has 0 aliphatic rings. The predicted octanol–water partition coefficient (Wildman–Crippen LogP) is -1.01. The van der Waals surface area contributed by atoms with Crippen LogP contribution >= 0.6 is 0 Å². The minimum absolute atomic E-state index is 0.0283. The number of benzene rings is 2. The van der Waals surface area contributed by atoms with Gasteiger partial charge in [-0.05, 0) is 29.2 Å². The number of carbonyl (C=O) groups is 3. The van der Waals surface area contributed by atoms with Gasteiger partial charge in [-0.3, -0.25) is 14.5 Å². The Labute approximate surface area is 202 Å². The van der Waals surface area contributed by atoms with Crippen molar-refractivity contribution in [2.75, 3.05) is 26.3 Å². The third-order valence-corrected chi connectivity index (χ3v) is 5.27. The predicted molar refractivity (Wildman–Crippen MR) is 126 cm³/mol. The van der Waals surface area contributed by atoms with Gasteiger partial charge in [-0.1, -0.05) is 36.4 Å². The van der Waals surface area contributed by atoms with E-state index in [9.17, 15) is 29.5 Å². The van der Waals surface area contributed by atoms with Crippen molar-refractivity contribution in [2.24, 2.45) is 0 Å². The molecule has 2 aromatic rings. The number of amides is 1. The Hall–Kier alpha value is -3.29. The number of hydrogen-bond acceptors (Lipinski definition) is 9. The normalized spacial score (nSPS) is 11.7. The van der Waals surface area contributed by atoms with E-state index >= 15 is 0 Å². The van der Waals surface area contributed by atoms with Crippen molar-refractivity contribution in [3.8, 4) is 5.75 Å². The molecule has 0 aromatic heterocycles. The summed E-state index contributed by atoms with van der Waals surface area (Å²) >= 11 is 0. The van der Waals surface area contributed by atoms with Crippen LogP contribution in [0, 0.1) is 0 Å². The zero-order valence-corrected chi connectivity index (χ0v) is 19.0. The van der Waals surface area contributed by atoms with Crippen molar-refractivity contribution >= 4 is 25.5 Å². The van der Waals surface area contributed by atoms with Gasteiger partial charge in [0.25, 0.3) is 6.47 Å². The molecule has 2 rings (SSSR count).